The average Bonchev–Trinajstić information content (AvgIpc) is 3.38. The lowest BCUT2D eigenvalue weighted by Gasteiger charge is -2.42. The van der Waals surface area contributed by atoms with Gasteiger partial charge in [-0.25, -0.2) is 0 Å². The summed E-state index contributed by atoms with van der Waals surface area (Å²) in [6.45, 7) is 12.9. The first-order valence-electron chi connectivity index (χ1n) is 14.8. The highest BCUT2D eigenvalue weighted by Gasteiger charge is 2.74. The van der Waals surface area contributed by atoms with Crippen molar-refractivity contribution >= 4 is 39.8 Å². The Morgan fingerprint density at radius 3 is 1.88 bits per heavy atom. The van der Waals surface area contributed by atoms with E-state index >= 15 is 0 Å². The average molecular weight is 543 g/mol. The topological polar surface area (TPSA) is 83.6 Å². The molecule has 212 valence electrons. The molecule has 4 saturated carbocycles. The van der Waals surface area contributed by atoms with Crippen LogP contribution in [0.25, 0.3) is 10.8 Å². The molecular weight excluding hydrogens is 500 g/mol. The molecule has 0 saturated heterocycles. The minimum Gasteiger partial charge on any atom is -0.354 e. The number of nitrogens with one attached hydrogen (secondary N) is 1. The third-order valence-electron chi connectivity index (χ3n) is 13.2. The maximum absolute atomic E-state index is 14.7. The zero-order valence-corrected chi connectivity index (χ0v) is 24.8. The minimum atomic E-state index is -0.772. The van der Waals surface area contributed by atoms with Crippen LogP contribution in [0.2, 0.25) is 0 Å². The maximum Gasteiger partial charge on any atom is 0.234 e. The lowest BCUT2D eigenvalue weighted by Crippen LogP contribution is -2.52. The first-order valence-corrected chi connectivity index (χ1v) is 14.8. The summed E-state index contributed by atoms with van der Waals surface area (Å²) < 4.78 is 0. The summed E-state index contributed by atoms with van der Waals surface area (Å²) in [5.41, 5.74) is -2.54. The summed E-state index contributed by atoms with van der Waals surface area (Å²) in [4.78, 5) is 56.5. The van der Waals surface area contributed by atoms with Gasteiger partial charge in [-0.15, -0.1) is 0 Å². The summed E-state index contributed by atoms with van der Waals surface area (Å²) in [6, 6.07) is 14.0. The normalized spacial score (nSPS) is 35.0. The SMILES string of the molecule is CC12CCC(C(=O)NCCN(C(=O)C34CCC(C)(C(=O)C3)C4(C)C)c3cccc4ccccc34)(CC1=O)C2(C)C. The van der Waals surface area contributed by atoms with Crippen molar-refractivity contribution in [2.45, 2.75) is 80.1 Å². The van der Waals surface area contributed by atoms with E-state index in [1.807, 2.05) is 61.2 Å². The van der Waals surface area contributed by atoms with Crippen LogP contribution < -0.4 is 10.2 Å². The third-order valence-corrected chi connectivity index (χ3v) is 13.2. The van der Waals surface area contributed by atoms with Gasteiger partial charge in [-0.05, 0) is 48.0 Å². The summed E-state index contributed by atoms with van der Waals surface area (Å²) in [5.74, 6) is 0.254. The van der Waals surface area contributed by atoms with Crippen LogP contribution in [0.15, 0.2) is 42.5 Å². The fraction of sp³-hybridized carbons (Fsp3) is 0.588. The second-order valence-corrected chi connectivity index (χ2v) is 14.5. The van der Waals surface area contributed by atoms with E-state index in [2.05, 4.69) is 33.0 Å². The van der Waals surface area contributed by atoms with Crippen molar-refractivity contribution < 1.29 is 19.2 Å². The molecule has 4 bridgehead atoms. The molecule has 6 rings (SSSR count). The number of Topliss-reactive ketones (excluding diaryl/α,β-unsaturated/α-hetero) is 2. The van der Waals surface area contributed by atoms with Crippen LogP contribution in [0.4, 0.5) is 5.69 Å². The van der Waals surface area contributed by atoms with Crippen LogP contribution in [-0.4, -0.2) is 36.5 Å². The van der Waals surface area contributed by atoms with Crippen LogP contribution in [0.3, 0.4) is 0 Å². The van der Waals surface area contributed by atoms with Crippen LogP contribution in [0, 0.1) is 32.5 Å². The van der Waals surface area contributed by atoms with Gasteiger partial charge < -0.3 is 10.2 Å². The highest BCUT2D eigenvalue weighted by Crippen LogP contribution is 2.72. The molecule has 4 aliphatic carbocycles. The summed E-state index contributed by atoms with van der Waals surface area (Å²) in [7, 11) is 0. The number of hydrogen-bond donors (Lipinski definition) is 1. The van der Waals surface area contributed by atoms with Gasteiger partial charge in [0.05, 0.1) is 16.5 Å². The van der Waals surface area contributed by atoms with Crippen molar-refractivity contribution in [3.8, 4) is 0 Å². The van der Waals surface area contributed by atoms with Crippen molar-refractivity contribution in [3.05, 3.63) is 42.5 Å². The molecule has 4 aliphatic rings. The van der Waals surface area contributed by atoms with Crippen molar-refractivity contribution in [1.82, 2.24) is 5.32 Å². The van der Waals surface area contributed by atoms with E-state index in [0.717, 1.165) is 29.3 Å². The third kappa shape index (κ3) is 3.00. The van der Waals surface area contributed by atoms with Gasteiger partial charge >= 0.3 is 0 Å². The van der Waals surface area contributed by atoms with Gasteiger partial charge in [0.2, 0.25) is 11.8 Å². The highest BCUT2D eigenvalue weighted by molar-refractivity contribution is 6.10. The summed E-state index contributed by atoms with van der Waals surface area (Å²) in [6.07, 6.45) is 3.39. The number of ketones is 2. The fourth-order valence-electron chi connectivity index (χ4n) is 9.18. The number of carbonyl (C=O) groups excluding carboxylic acids is 4. The second kappa shape index (κ2) is 8.27. The number of anilines is 1. The Labute approximate surface area is 237 Å². The van der Waals surface area contributed by atoms with E-state index in [9.17, 15) is 19.2 Å². The van der Waals surface area contributed by atoms with Crippen LogP contribution in [0.1, 0.15) is 80.1 Å². The van der Waals surface area contributed by atoms with E-state index in [-0.39, 0.29) is 42.8 Å². The van der Waals surface area contributed by atoms with Crippen LogP contribution in [-0.2, 0) is 19.2 Å². The Morgan fingerprint density at radius 2 is 1.30 bits per heavy atom. The molecule has 4 unspecified atom stereocenters. The Morgan fingerprint density at radius 1 is 0.750 bits per heavy atom. The van der Waals surface area contributed by atoms with Gasteiger partial charge in [0.25, 0.3) is 0 Å². The van der Waals surface area contributed by atoms with Gasteiger partial charge in [0.1, 0.15) is 11.6 Å². The van der Waals surface area contributed by atoms with E-state index in [0.29, 0.717) is 19.4 Å². The Hall–Kier alpha value is -3.02. The number of amides is 2. The number of benzene rings is 2. The van der Waals surface area contributed by atoms with Crippen molar-refractivity contribution in [3.63, 3.8) is 0 Å². The summed E-state index contributed by atoms with van der Waals surface area (Å²) >= 11 is 0. The van der Waals surface area contributed by atoms with Crippen molar-refractivity contribution in [2.75, 3.05) is 18.0 Å². The molecule has 4 fully saturated rings. The smallest absolute Gasteiger partial charge is 0.234 e. The zero-order chi connectivity index (χ0) is 28.9. The lowest BCUT2D eigenvalue weighted by atomic mass is 9.64. The Balaban J connectivity index is 1.33. The van der Waals surface area contributed by atoms with E-state index in [1.165, 1.54) is 0 Å². The molecule has 40 heavy (non-hydrogen) atoms. The maximum atomic E-state index is 14.7. The minimum absolute atomic E-state index is 0.0272. The van der Waals surface area contributed by atoms with E-state index < -0.39 is 32.5 Å². The quantitative estimate of drug-likeness (QED) is 0.496. The fourth-order valence-corrected chi connectivity index (χ4v) is 9.18. The Bertz CT molecular complexity index is 1470. The number of rotatable bonds is 6. The number of carbonyl (C=O) groups is 4. The molecule has 6 nitrogen and oxygen atoms in total. The Kier molecular flexibility index (Phi) is 5.61. The van der Waals surface area contributed by atoms with Gasteiger partial charge in [-0.3, -0.25) is 19.2 Å². The molecule has 4 atom stereocenters. The molecule has 0 spiro atoms. The molecule has 2 aromatic carbocycles. The monoisotopic (exact) mass is 542 g/mol. The van der Waals surface area contributed by atoms with Crippen molar-refractivity contribution in [2.24, 2.45) is 32.5 Å². The largest absolute Gasteiger partial charge is 0.354 e. The second-order valence-electron chi connectivity index (χ2n) is 14.5. The van der Waals surface area contributed by atoms with Gasteiger partial charge in [-0.1, -0.05) is 77.9 Å². The number of hydrogen-bond acceptors (Lipinski definition) is 4. The molecule has 0 heterocycles. The molecule has 1 N–H and O–H groups in total. The van der Waals surface area contributed by atoms with Gasteiger partial charge in [-0.2, -0.15) is 0 Å². The van der Waals surface area contributed by atoms with Crippen LogP contribution in [0.5, 0.6) is 0 Å². The molecule has 2 aromatic rings. The first-order chi connectivity index (χ1) is 18.7. The molecule has 0 radical (unpaired) electrons. The number of nitrogens with zero attached hydrogens (tertiary/aromatic N) is 1. The molecule has 0 aliphatic heterocycles. The van der Waals surface area contributed by atoms with E-state index in [1.54, 1.807) is 0 Å². The highest BCUT2D eigenvalue weighted by atomic mass is 16.2. The summed E-state index contributed by atoms with van der Waals surface area (Å²) in [5, 5.41) is 5.16. The van der Waals surface area contributed by atoms with E-state index in [4.69, 9.17) is 0 Å². The van der Waals surface area contributed by atoms with Crippen LogP contribution >= 0.6 is 0 Å². The molecule has 2 amide bonds. The molecular formula is C34H42N2O4. The molecule has 6 heteroatoms. The predicted molar refractivity (Wildman–Crippen MR) is 156 cm³/mol. The van der Waals surface area contributed by atoms with Gasteiger partial charge in [0, 0.05) is 42.1 Å². The standard InChI is InChI=1S/C34H42N2O4/c1-29(2)31(5)14-16-33(29,20-25(31)37)27(39)35-18-19-36(24-13-9-11-22-10-7-8-12-23(22)24)28(40)34-17-15-32(6,26(38)21-34)30(34,3)4/h7-13H,14-21H2,1-6H3,(H,35,39). The van der Waals surface area contributed by atoms with Crippen molar-refractivity contribution in [1.29, 1.82) is 0 Å². The zero-order valence-electron chi connectivity index (χ0n) is 24.8. The molecule has 0 aromatic heterocycles. The predicted octanol–water partition coefficient (Wildman–Crippen LogP) is 5.86. The lowest BCUT2D eigenvalue weighted by molar-refractivity contribution is -0.137. The number of fused-ring (bicyclic) bond motifs is 5. The first kappa shape index (κ1) is 27.2. The van der Waals surface area contributed by atoms with Gasteiger partial charge in [0.15, 0.2) is 0 Å².